The summed E-state index contributed by atoms with van der Waals surface area (Å²) in [6.07, 6.45) is 0. The van der Waals surface area contributed by atoms with Crippen molar-refractivity contribution in [2.75, 3.05) is 0 Å². The summed E-state index contributed by atoms with van der Waals surface area (Å²) < 4.78 is 0. The molecule has 5 nitrogen and oxygen atoms in total. The first-order valence-corrected chi connectivity index (χ1v) is 3.74. The Kier molecular flexibility index (Phi) is 2.83. The van der Waals surface area contributed by atoms with Gasteiger partial charge < -0.3 is 10.2 Å². The highest BCUT2D eigenvalue weighted by molar-refractivity contribution is 5.96. The molecule has 0 fully saturated rings. The van der Waals surface area contributed by atoms with Crippen molar-refractivity contribution < 1.29 is 24.9 Å². The van der Waals surface area contributed by atoms with Gasteiger partial charge in [-0.1, -0.05) is 6.07 Å². The lowest BCUT2D eigenvalue weighted by atomic mass is 10.0. The Hall–Kier alpha value is -1.88. The number of rotatable bonds is 3. The molecule has 0 spiro atoms. The molecule has 0 saturated heterocycles. The lowest BCUT2D eigenvalue weighted by molar-refractivity contribution is 0.0685. The first-order chi connectivity index (χ1) is 6.57. The summed E-state index contributed by atoms with van der Waals surface area (Å²) in [6, 6.07) is 3.72. The van der Waals surface area contributed by atoms with Crippen molar-refractivity contribution in [2.24, 2.45) is 0 Å². The van der Waals surface area contributed by atoms with E-state index in [0.717, 1.165) is 0 Å². The van der Waals surface area contributed by atoms with Crippen LogP contribution in [-0.4, -0.2) is 22.2 Å². The molecule has 0 amide bonds. The lowest BCUT2D eigenvalue weighted by Gasteiger charge is -2.05. The average molecular weight is 195 g/mol. The molecule has 0 bridgehead atoms. The van der Waals surface area contributed by atoms with Gasteiger partial charge in [-0.3, -0.25) is 0 Å². The SMILES string of the molecule is [O]Cc1c(C(=O)O)cccc1C(=O)O. The molecule has 0 aromatic heterocycles. The summed E-state index contributed by atoms with van der Waals surface area (Å²) >= 11 is 0. The van der Waals surface area contributed by atoms with Crippen LogP contribution in [0.2, 0.25) is 0 Å². The Labute approximate surface area is 79.2 Å². The van der Waals surface area contributed by atoms with E-state index in [9.17, 15) is 14.7 Å². The van der Waals surface area contributed by atoms with Gasteiger partial charge in [0.15, 0.2) is 0 Å². The molecule has 5 heteroatoms. The van der Waals surface area contributed by atoms with Crippen molar-refractivity contribution >= 4 is 11.9 Å². The molecule has 0 saturated carbocycles. The fourth-order valence-electron chi connectivity index (χ4n) is 1.14. The second kappa shape index (κ2) is 3.89. The number of hydrogen-bond acceptors (Lipinski definition) is 2. The zero-order chi connectivity index (χ0) is 10.7. The first kappa shape index (κ1) is 10.2. The van der Waals surface area contributed by atoms with Gasteiger partial charge in [0.05, 0.1) is 11.1 Å². The molecule has 0 aliphatic heterocycles. The number of carboxylic acid groups (broad SMARTS) is 2. The molecular formula is C9H7O5. The van der Waals surface area contributed by atoms with Crippen LogP contribution in [0.1, 0.15) is 26.3 Å². The van der Waals surface area contributed by atoms with Gasteiger partial charge in [-0.2, -0.15) is 0 Å². The number of aromatic carboxylic acids is 2. The van der Waals surface area contributed by atoms with Gasteiger partial charge in [-0.15, -0.1) is 0 Å². The summed E-state index contributed by atoms with van der Waals surface area (Å²) in [5.74, 6) is -2.59. The highest BCUT2D eigenvalue weighted by Gasteiger charge is 2.17. The van der Waals surface area contributed by atoms with E-state index in [1.54, 1.807) is 0 Å². The molecule has 2 N–H and O–H groups in total. The topological polar surface area (TPSA) is 94.5 Å². The van der Waals surface area contributed by atoms with Crippen LogP contribution in [0, 0.1) is 0 Å². The van der Waals surface area contributed by atoms with Crippen molar-refractivity contribution in [3.63, 3.8) is 0 Å². The fourth-order valence-corrected chi connectivity index (χ4v) is 1.14. The molecule has 73 valence electrons. The van der Waals surface area contributed by atoms with E-state index >= 15 is 0 Å². The third-order valence-electron chi connectivity index (χ3n) is 1.78. The Bertz CT molecular complexity index is 351. The summed E-state index contributed by atoms with van der Waals surface area (Å²) in [5, 5.41) is 28.0. The first-order valence-electron chi connectivity index (χ1n) is 3.74. The van der Waals surface area contributed by atoms with E-state index in [1.165, 1.54) is 18.2 Å². The number of carbonyl (C=O) groups is 2. The third kappa shape index (κ3) is 1.72. The predicted molar refractivity (Wildman–Crippen MR) is 44.8 cm³/mol. The molecule has 0 atom stereocenters. The second-order valence-corrected chi connectivity index (χ2v) is 2.59. The van der Waals surface area contributed by atoms with Gasteiger partial charge in [-0.25, -0.2) is 14.7 Å². The Morgan fingerprint density at radius 3 is 1.79 bits per heavy atom. The molecule has 1 rings (SSSR count). The van der Waals surface area contributed by atoms with Crippen LogP contribution in [0.15, 0.2) is 18.2 Å². The van der Waals surface area contributed by atoms with Crippen molar-refractivity contribution in [2.45, 2.75) is 6.61 Å². The highest BCUT2D eigenvalue weighted by Crippen LogP contribution is 2.15. The predicted octanol–water partition coefficient (Wildman–Crippen LogP) is 1.01. The molecule has 0 unspecified atom stereocenters. The fraction of sp³-hybridized carbons (Fsp3) is 0.111. The van der Waals surface area contributed by atoms with Gasteiger partial charge in [0.25, 0.3) is 0 Å². The smallest absolute Gasteiger partial charge is 0.336 e. The van der Waals surface area contributed by atoms with E-state index in [1.807, 2.05) is 0 Å². The standard InChI is InChI=1S/C9H7O5/c10-4-7-5(8(11)12)2-1-3-6(7)9(13)14/h1-3H,4H2,(H,11,12)(H,13,14). The molecule has 0 aliphatic carbocycles. The summed E-state index contributed by atoms with van der Waals surface area (Å²) in [5.41, 5.74) is -0.688. The molecule has 0 aliphatic rings. The lowest BCUT2D eigenvalue weighted by Crippen LogP contribution is -2.09. The maximum Gasteiger partial charge on any atom is 0.336 e. The third-order valence-corrected chi connectivity index (χ3v) is 1.78. The molecule has 1 radical (unpaired) electrons. The minimum absolute atomic E-state index is 0.187. The van der Waals surface area contributed by atoms with Gasteiger partial charge >= 0.3 is 11.9 Å². The average Bonchev–Trinajstić information content (AvgIpc) is 2.16. The zero-order valence-corrected chi connectivity index (χ0v) is 7.06. The minimum atomic E-state index is -1.29. The molecule has 0 heterocycles. The minimum Gasteiger partial charge on any atom is -0.478 e. The van der Waals surface area contributed by atoms with Crippen molar-refractivity contribution in [3.05, 3.63) is 34.9 Å². The molecule has 1 aromatic carbocycles. The van der Waals surface area contributed by atoms with Crippen LogP contribution < -0.4 is 0 Å². The largest absolute Gasteiger partial charge is 0.478 e. The molecule has 1 aromatic rings. The van der Waals surface area contributed by atoms with Crippen LogP contribution in [0.25, 0.3) is 0 Å². The number of hydrogen-bond donors (Lipinski definition) is 2. The van der Waals surface area contributed by atoms with Crippen LogP contribution in [0.3, 0.4) is 0 Å². The van der Waals surface area contributed by atoms with Crippen molar-refractivity contribution in [1.29, 1.82) is 0 Å². The summed E-state index contributed by atoms with van der Waals surface area (Å²) in [6.45, 7) is -0.857. The van der Waals surface area contributed by atoms with Gasteiger partial charge in [0, 0.05) is 5.56 Å². The molecular weight excluding hydrogens is 188 g/mol. The number of benzene rings is 1. The van der Waals surface area contributed by atoms with Crippen molar-refractivity contribution in [3.8, 4) is 0 Å². The summed E-state index contributed by atoms with van der Waals surface area (Å²) in [7, 11) is 0. The second-order valence-electron chi connectivity index (χ2n) is 2.59. The van der Waals surface area contributed by atoms with Crippen LogP contribution in [0.4, 0.5) is 0 Å². The maximum atomic E-state index is 10.7. The van der Waals surface area contributed by atoms with Crippen LogP contribution in [-0.2, 0) is 11.7 Å². The Balaban J connectivity index is 3.39. The van der Waals surface area contributed by atoms with Crippen molar-refractivity contribution in [1.82, 2.24) is 0 Å². The van der Waals surface area contributed by atoms with Gasteiger partial charge in [0.1, 0.15) is 6.61 Å². The zero-order valence-electron chi connectivity index (χ0n) is 7.06. The normalized spacial score (nSPS) is 9.79. The maximum absolute atomic E-state index is 10.7. The van der Waals surface area contributed by atoms with E-state index in [2.05, 4.69) is 0 Å². The van der Waals surface area contributed by atoms with E-state index in [4.69, 9.17) is 10.2 Å². The Morgan fingerprint density at radius 2 is 1.50 bits per heavy atom. The molecule has 14 heavy (non-hydrogen) atoms. The number of carboxylic acids is 2. The highest BCUT2D eigenvalue weighted by atomic mass is 16.4. The van der Waals surface area contributed by atoms with E-state index in [-0.39, 0.29) is 16.7 Å². The van der Waals surface area contributed by atoms with Crippen LogP contribution >= 0.6 is 0 Å². The monoisotopic (exact) mass is 195 g/mol. The van der Waals surface area contributed by atoms with Gasteiger partial charge in [-0.05, 0) is 12.1 Å². The van der Waals surface area contributed by atoms with Gasteiger partial charge in [0.2, 0.25) is 0 Å². The van der Waals surface area contributed by atoms with E-state index in [0.29, 0.717) is 0 Å². The van der Waals surface area contributed by atoms with Crippen LogP contribution in [0.5, 0.6) is 0 Å². The van der Waals surface area contributed by atoms with E-state index < -0.39 is 18.5 Å². The quantitative estimate of drug-likeness (QED) is 0.752. The Morgan fingerprint density at radius 1 is 1.07 bits per heavy atom. The summed E-state index contributed by atoms with van der Waals surface area (Å²) in [4.78, 5) is 21.2.